The SMILES string of the molecule is O=C(O)C1CCN(c2nc(C(F)F)nc3ccccc23)CC1. The van der Waals surface area contributed by atoms with Gasteiger partial charge in [0.1, 0.15) is 5.82 Å². The van der Waals surface area contributed by atoms with E-state index < -0.39 is 18.2 Å². The molecule has 22 heavy (non-hydrogen) atoms. The van der Waals surface area contributed by atoms with Gasteiger partial charge in [0.05, 0.1) is 11.4 Å². The van der Waals surface area contributed by atoms with Crippen LogP contribution in [0.4, 0.5) is 14.6 Å². The number of hydrogen-bond donors (Lipinski definition) is 1. The number of carboxylic acids is 1. The highest BCUT2D eigenvalue weighted by Crippen LogP contribution is 2.30. The predicted molar refractivity (Wildman–Crippen MR) is 77.1 cm³/mol. The number of fused-ring (bicyclic) bond motifs is 1. The molecule has 1 N–H and O–H groups in total. The van der Waals surface area contributed by atoms with Gasteiger partial charge in [-0.05, 0) is 25.0 Å². The van der Waals surface area contributed by atoms with Gasteiger partial charge in [0.15, 0.2) is 5.82 Å². The van der Waals surface area contributed by atoms with E-state index in [1.165, 1.54) is 0 Å². The van der Waals surface area contributed by atoms with Crippen molar-refractivity contribution in [3.63, 3.8) is 0 Å². The molecule has 0 radical (unpaired) electrons. The molecule has 1 aliphatic heterocycles. The number of piperidine rings is 1. The van der Waals surface area contributed by atoms with Crippen LogP contribution in [-0.4, -0.2) is 34.1 Å². The summed E-state index contributed by atoms with van der Waals surface area (Å²) >= 11 is 0. The fourth-order valence-corrected chi connectivity index (χ4v) is 2.75. The summed E-state index contributed by atoms with van der Waals surface area (Å²) in [5.41, 5.74) is 0.475. The summed E-state index contributed by atoms with van der Waals surface area (Å²) in [6, 6.07) is 7.02. The third kappa shape index (κ3) is 2.70. The molecule has 1 aromatic heterocycles. The number of nitrogens with zero attached hydrogens (tertiary/aromatic N) is 3. The van der Waals surface area contributed by atoms with Gasteiger partial charge in [-0.15, -0.1) is 0 Å². The number of anilines is 1. The summed E-state index contributed by atoms with van der Waals surface area (Å²) in [7, 11) is 0. The maximum absolute atomic E-state index is 13.0. The van der Waals surface area contributed by atoms with Gasteiger partial charge in [-0.2, -0.15) is 0 Å². The Bertz CT molecular complexity index is 700. The molecule has 0 unspecified atom stereocenters. The summed E-state index contributed by atoms with van der Waals surface area (Å²) < 4.78 is 26.0. The van der Waals surface area contributed by atoms with E-state index in [0.717, 1.165) is 0 Å². The number of rotatable bonds is 3. The molecular formula is C15H15F2N3O2. The second-order valence-corrected chi connectivity index (χ2v) is 5.32. The maximum Gasteiger partial charge on any atom is 0.306 e. The zero-order valence-corrected chi connectivity index (χ0v) is 11.7. The second-order valence-electron chi connectivity index (χ2n) is 5.32. The first-order valence-corrected chi connectivity index (χ1v) is 7.09. The van der Waals surface area contributed by atoms with Gasteiger partial charge in [0.25, 0.3) is 6.43 Å². The van der Waals surface area contributed by atoms with Gasteiger partial charge < -0.3 is 10.0 Å². The summed E-state index contributed by atoms with van der Waals surface area (Å²) in [4.78, 5) is 20.8. The van der Waals surface area contributed by atoms with E-state index in [-0.39, 0.29) is 5.92 Å². The van der Waals surface area contributed by atoms with Crippen LogP contribution in [0.15, 0.2) is 24.3 Å². The molecule has 7 heteroatoms. The molecular weight excluding hydrogens is 292 g/mol. The van der Waals surface area contributed by atoms with Crippen molar-refractivity contribution in [2.45, 2.75) is 19.3 Å². The van der Waals surface area contributed by atoms with E-state index in [1.807, 2.05) is 4.90 Å². The van der Waals surface area contributed by atoms with Gasteiger partial charge in [-0.25, -0.2) is 18.7 Å². The first kappa shape index (κ1) is 14.6. The Morgan fingerprint density at radius 3 is 2.55 bits per heavy atom. The highest BCUT2D eigenvalue weighted by atomic mass is 19.3. The summed E-state index contributed by atoms with van der Waals surface area (Å²) in [5, 5.41) is 9.75. The van der Waals surface area contributed by atoms with Gasteiger partial charge >= 0.3 is 5.97 Å². The van der Waals surface area contributed by atoms with Gasteiger partial charge in [-0.3, -0.25) is 4.79 Å². The molecule has 0 spiro atoms. The largest absolute Gasteiger partial charge is 0.481 e. The fraction of sp³-hybridized carbons (Fsp3) is 0.400. The number of carbonyl (C=O) groups is 1. The maximum atomic E-state index is 13.0. The molecule has 0 amide bonds. The molecule has 5 nitrogen and oxygen atoms in total. The van der Waals surface area contributed by atoms with Crippen LogP contribution in [0.2, 0.25) is 0 Å². The Kier molecular flexibility index (Phi) is 3.87. The van der Waals surface area contributed by atoms with Crippen molar-refractivity contribution in [2.75, 3.05) is 18.0 Å². The average molecular weight is 307 g/mol. The zero-order chi connectivity index (χ0) is 15.7. The topological polar surface area (TPSA) is 66.3 Å². The van der Waals surface area contributed by atoms with Crippen LogP contribution in [0.5, 0.6) is 0 Å². The van der Waals surface area contributed by atoms with Gasteiger partial charge in [0.2, 0.25) is 0 Å². The van der Waals surface area contributed by atoms with Crippen LogP contribution < -0.4 is 4.90 Å². The monoisotopic (exact) mass is 307 g/mol. The lowest BCUT2D eigenvalue weighted by atomic mass is 9.97. The number of alkyl halides is 2. The minimum atomic E-state index is -2.74. The number of aromatic nitrogens is 2. The lowest BCUT2D eigenvalue weighted by Gasteiger charge is -2.31. The molecule has 1 saturated heterocycles. The smallest absolute Gasteiger partial charge is 0.306 e. The van der Waals surface area contributed by atoms with E-state index in [4.69, 9.17) is 5.11 Å². The lowest BCUT2D eigenvalue weighted by Crippen LogP contribution is -2.37. The Hall–Kier alpha value is -2.31. The van der Waals surface area contributed by atoms with Crippen LogP contribution in [-0.2, 0) is 4.79 Å². The summed E-state index contributed by atoms with van der Waals surface area (Å²) in [6.45, 7) is 0.974. The fourth-order valence-electron chi connectivity index (χ4n) is 2.75. The zero-order valence-electron chi connectivity index (χ0n) is 11.7. The Morgan fingerprint density at radius 1 is 1.23 bits per heavy atom. The van der Waals surface area contributed by atoms with E-state index in [1.54, 1.807) is 24.3 Å². The standard InChI is InChI=1S/C15H15F2N3O2/c16-12(17)13-18-11-4-2-1-3-10(11)14(19-13)20-7-5-9(6-8-20)15(21)22/h1-4,9,12H,5-8H2,(H,21,22). The third-order valence-electron chi connectivity index (χ3n) is 3.94. The number of aliphatic carboxylic acids is 1. The molecule has 3 rings (SSSR count). The van der Waals surface area contributed by atoms with Crippen molar-refractivity contribution >= 4 is 22.7 Å². The predicted octanol–water partition coefficient (Wildman–Crippen LogP) is 2.87. The number of halogens is 2. The van der Waals surface area contributed by atoms with Crippen molar-refractivity contribution in [3.05, 3.63) is 30.1 Å². The first-order valence-electron chi connectivity index (χ1n) is 7.09. The van der Waals surface area contributed by atoms with Gasteiger partial charge in [0, 0.05) is 18.5 Å². The van der Waals surface area contributed by atoms with Crippen LogP contribution >= 0.6 is 0 Å². The molecule has 1 aromatic carbocycles. The summed E-state index contributed by atoms with van der Waals surface area (Å²) in [6.07, 6.45) is -1.77. The molecule has 0 bridgehead atoms. The van der Waals surface area contributed by atoms with Crippen LogP contribution in [0.25, 0.3) is 10.9 Å². The molecule has 0 aliphatic carbocycles. The van der Waals surface area contributed by atoms with Crippen molar-refractivity contribution in [2.24, 2.45) is 5.92 Å². The average Bonchev–Trinajstić information content (AvgIpc) is 2.53. The van der Waals surface area contributed by atoms with E-state index >= 15 is 0 Å². The molecule has 0 saturated carbocycles. The van der Waals surface area contributed by atoms with E-state index in [0.29, 0.717) is 42.7 Å². The molecule has 2 heterocycles. The quantitative estimate of drug-likeness (QED) is 0.944. The number of benzene rings is 1. The van der Waals surface area contributed by atoms with Crippen molar-refractivity contribution in [3.8, 4) is 0 Å². The molecule has 0 atom stereocenters. The number of para-hydroxylation sites is 1. The molecule has 1 fully saturated rings. The molecule has 2 aromatic rings. The van der Waals surface area contributed by atoms with Gasteiger partial charge in [-0.1, -0.05) is 12.1 Å². The first-order chi connectivity index (χ1) is 10.6. The highest BCUT2D eigenvalue weighted by molar-refractivity contribution is 5.89. The van der Waals surface area contributed by atoms with Crippen LogP contribution in [0, 0.1) is 5.92 Å². The number of carboxylic acid groups (broad SMARTS) is 1. The second kappa shape index (κ2) is 5.82. The van der Waals surface area contributed by atoms with Crippen molar-refractivity contribution in [1.82, 2.24) is 9.97 Å². The highest BCUT2D eigenvalue weighted by Gasteiger charge is 2.27. The number of hydrogen-bond acceptors (Lipinski definition) is 4. The Balaban J connectivity index is 1.97. The summed E-state index contributed by atoms with van der Waals surface area (Å²) in [5.74, 6) is -1.21. The minimum Gasteiger partial charge on any atom is -0.481 e. The van der Waals surface area contributed by atoms with Crippen LogP contribution in [0.1, 0.15) is 25.1 Å². The van der Waals surface area contributed by atoms with Crippen molar-refractivity contribution < 1.29 is 18.7 Å². The Morgan fingerprint density at radius 2 is 1.91 bits per heavy atom. The normalized spacial score (nSPS) is 16.4. The van der Waals surface area contributed by atoms with E-state index in [2.05, 4.69) is 9.97 Å². The van der Waals surface area contributed by atoms with E-state index in [9.17, 15) is 13.6 Å². The molecule has 1 aliphatic rings. The van der Waals surface area contributed by atoms with Crippen LogP contribution in [0.3, 0.4) is 0 Å². The Labute approximate surface area is 125 Å². The lowest BCUT2D eigenvalue weighted by molar-refractivity contribution is -0.142. The third-order valence-corrected chi connectivity index (χ3v) is 3.94. The minimum absolute atomic E-state index is 0.376. The van der Waals surface area contributed by atoms with Crippen molar-refractivity contribution in [1.29, 1.82) is 0 Å². The molecule has 116 valence electrons.